The van der Waals surface area contributed by atoms with E-state index in [9.17, 15) is 9.59 Å². The summed E-state index contributed by atoms with van der Waals surface area (Å²) >= 11 is 1.00. The normalized spacial score (nSPS) is 10.1. The fourth-order valence-corrected chi connectivity index (χ4v) is 2.43. The maximum absolute atomic E-state index is 12.1. The Hall–Kier alpha value is -2.41. The third kappa shape index (κ3) is 3.33. The summed E-state index contributed by atoms with van der Waals surface area (Å²) in [7, 11) is 0. The van der Waals surface area contributed by atoms with Gasteiger partial charge in [0.05, 0.1) is 5.69 Å². The maximum atomic E-state index is 12.1. The second kappa shape index (κ2) is 5.70. The van der Waals surface area contributed by atoms with Crippen molar-refractivity contribution in [2.45, 2.75) is 13.8 Å². The van der Waals surface area contributed by atoms with Gasteiger partial charge in [-0.3, -0.25) is 10.1 Å². The van der Waals surface area contributed by atoms with Crippen molar-refractivity contribution in [2.24, 2.45) is 0 Å². The van der Waals surface area contributed by atoms with Gasteiger partial charge in [0.25, 0.3) is 5.91 Å². The van der Waals surface area contributed by atoms with Crippen LogP contribution in [0.5, 0.6) is 0 Å². The van der Waals surface area contributed by atoms with E-state index in [0.29, 0.717) is 16.3 Å². The summed E-state index contributed by atoms with van der Waals surface area (Å²) < 4.78 is 0. The Labute approximate surface area is 119 Å². The molecule has 3 N–H and O–H groups in total. The summed E-state index contributed by atoms with van der Waals surface area (Å²) in [6, 6.07) is 7.40. The molecule has 2 aromatic rings. The lowest BCUT2D eigenvalue weighted by Crippen LogP contribution is -2.11. The van der Waals surface area contributed by atoms with Crippen LogP contribution in [-0.2, 0) is 0 Å². The first-order chi connectivity index (χ1) is 9.45. The molecule has 20 heavy (non-hydrogen) atoms. The van der Waals surface area contributed by atoms with Crippen molar-refractivity contribution in [3.63, 3.8) is 0 Å². The minimum Gasteiger partial charge on any atom is -0.465 e. The van der Waals surface area contributed by atoms with Crippen molar-refractivity contribution >= 4 is 34.2 Å². The van der Waals surface area contributed by atoms with Crippen LogP contribution < -0.4 is 10.6 Å². The van der Waals surface area contributed by atoms with E-state index in [1.54, 1.807) is 19.1 Å². The van der Waals surface area contributed by atoms with E-state index < -0.39 is 6.09 Å². The minimum atomic E-state index is -1.20. The van der Waals surface area contributed by atoms with Gasteiger partial charge in [0.2, 0.25) is 0 Å². The summed E-state index contributed by atoms with van der Waals surface area (Å²) in [6.45, 7) is 3.62. The van der Waals surface area contributed by atoms with Gasteiger partial charge >= 0.3 is 6.09 Å². The van der Waals surface area contributed by atoms with Crippen LogP contribution in [0.4, 0.5) is 15.6 Å². The molecule has 0 saturated heterocycles. The third-order valence-electron chi connectivity index (χ3n) is 2.53. The van der Waals surface area contributed by atoms with Gasteiger partial charge in [0.15, 0.2) is 5.13 Å². The summed E-state index contributed by atoms with van der Waals surface area (Å²) in [5, 5.41) is 13.7. The number of carbonyl (C=O) groups excluding carboxylic acids is 1. The number of nitrogens with zero attached hydrogens (tertiary/aromatic N) is 1. The number of carbonyl (C=O) groups is 2. The van der Waals surface area contributed by atoms with Gasteiger partial charge in [0, 0.05) is 5.69 Å². The molecule has 1 aromatic heterocycles. The molecule has 0 atom stereocenters. The first-order valence-electron chi connectivity index (χ1n) is 5.81. The molecule has 0 bridgehead atoms. The molecule has 104 valence electrons. The Morgan fingerprint density at radius 2 is 1.80 bits per heavy atom. The van der Waals surface area contributed by atoms with Crippen LogP contribution in [0.2, 0.25) is 0 Å². The van der Waals surface area contributed by atoms with Crippen LogP contribution >= 0.6 is 11.3 Å². The number of aromatic nitrogens is 1. The Bertz CT molecular complexity index is 649. The molecule has 0 aliphatic rings. The highest BCUT2D eigenvalue weighted by atomic mass is 32.1. The lowest BCUT2D eigenvalue weighted by molar-refractivity contribution is 0.102. The summed E-state index contributed by atoms with van der Waals surface area (Å²) in [6.07, 6.45) is -1.20. The van der Waals surface area contributed by atoms with Crippen molar-refractivity contribution in [3.8, 4) is 0 Å². The van der Waals surface area contributed by atoms with Crippen LogP contribution in [0.25, 0.3) is 0 Å². The lowest BCUT2D eigenvalue weighted by Gasteiger charge is -2.04. The molecule has 1 aromatic carbocycles. The number of thiazole rings is 1. The first kappa shape index (κ1) is 14.0. The number of hydrogen-bond donors (Lipinski definition) is 3. The average molecular weight is 291 g/mol. The quantitative estimate of drug-likeness (QED) is 0.810. The fraction of sp³-hybridized carbons (Fsp3) is 0.154. The van der Waals surface area contributed by atoms with E-state index >= 15 is 0 Å². The predicted octanol–water partition coefficient (Wildman–Crippen LogP) is 3.10. The number of benzene rings is 1. The molecular formula is C13H13N3O3S. The number of hydrogen-bond acceptors (Lipinski definition) is 4. The Kier molecular flexibility index (Phi) is 3.99. The zero-order chi connectivity index (χ0) is 14.7. The lowest BCUT2D eigenvalue weighted by atomic mass is 10.2. The van der Waals surface area contributed by atoms with E-state index in [-0.39, 0.29) is 11.0 Å². The van der Waals surface area contributed by atoms with E-state index in [1.807, 2.05) is 19.1 Å². The number of anilines is 2. The Balaban J connectivity index is 2.14. The van der Waals surface area contributed by atoms with Gasteiger partial charge in [-0.05, 0) is 26.0 Å². The molecule has 1 heterocycles. The van der Waals surface area contributed by atoms with Crippen molar-refractivity contribution in [1.82, 2.24) is 4.98 Å². The van der Waals surface area contributed by atoms with Crippen LogP contribution in [0.15, 0.2) is 24.3 Å². The van der Waals surface area contributed by atoms with Gasteiger partial charge in [-0.1, -0.05) is 29.0 Å². The van der Waals surface area contributed by atoms with Crippen molar-refractivity contribution in [1.29, 1.82) is 0 Å². The molecule has 0 radical (unpaired) electrons. The second-order valence-corrected chi connectivity index (χ2v) is 5.18. The highest BCUT2D eigenvalue weighted by Crippen LogP contribution is 2.23. The van der Waals surface area contributed by atoms with E-state index in [1.165, 1.54) is 0 Å². The highest BCUT2D eigenvalue weighted by molar-refractivity contribution is 7.17. The molecule has 0 fully saturated rings. The molecule has 0 saturated carbocycles. The molecule has 2 rings (SSSR count). The molecule has 6 nitrogen and oxygen atoms in total. The van der Waals surface area contributed by atoms with Crippen molar-refractivity contribution in [2.75, 3.05) is 10.6 Å². The van der Waals surface area contributed by atoms with Gasteiger partial charge in [-0.25, -0.2) is 9.78 Å². The minimum absolute atomic E-state index is 0.184. The zero-order valence-electron chi connectivity index (χ0n) is 10.9. The topological polar surface area (TPSA) is 91.3 Å². The smallest absolute Gasteiger partial charge is 0.410 e. The summed E-state index contributed by atoms with van der Waals surface area (Å²) in [5.41, 5.74) is 2.27. The summed E-state index contributed by atoms with van der Waals surface area (Å²) in [4.78, 5) is 27.0. The maximum Gasteiger partial charge on any atom is 0.410 e. The Morgan fingerprint density at radius 3 is 2.40 bits per heavy atom. The molecule has 0 aliphatic carbocycles. The van der Waals surface area contributed by atoms with Crippen LogP contribution in [-0.4, -0.2) is 22.1 Å². The van der Waals surface area contributed by atoms with Crippen molar-refractivity contribution < 1.29 is 14.7 Å². The average Bonchev–Trinajstić information content (AvgIpc) is 2.72. The van der Waals surface area contributed by atoms with Gasteiger partial charge < -0.3 is 10.4 Å². The zero-order valence-corrected chi connectivity index (χ0v) is 11.7. The molecular weight excluding hydrogens is 278 g/mol. The number of rotatable bonds is 3. The Morgan fingerprint density at radius 1 is 1.15 bits per heavy atom. The van der Waals surface area contributed by atoms with Gasteiger partial charge in [-0.2, -0.15) is 0 Å². The largest absolute Gasteiger partial charge is 0.465 e. The SMILES string of the molecule is Cc1ccc(NC(=O)c2sc(NC(=O)O)nc2C)cc1. The standard InChI is InChI=1S/C13H13N3O3S/c1-7-3-5-9(6-4-7)15-11(17)10-8(2)14-12(20-10)16-13(18)19/h3-6H,1-2H3,(H,14,16)(H,15,17)(H,18,19). The number of amides is 2. The first-order valence-corrected chi connectivity index (χ1v) is 6.63. The van der Waals surface area contributed by atoms with Crippen LogP contribution in [0.3, 0.4) is 0 Å². The second-order valence-electron chi connectivity index (χ2n) is 4.18. The molecule has 7 heteroatoms. The van der Waals surface area contributed by atoms with Crippen LogP contribution in [0.1, 0.15) is 20.9 Å². The number of carboxylic acid groups (broad SMARTS) is 1. The number of nitrogens with one attached hydrogen (secondary N) is 2. The fourth-order valence-electron chi connectivity index (χ4n) is 1.58. The highest BCUT2D eigenvalue weighted by Gasteiger charge is 2.16. The molecule has 0 spiro atoms. The number of aryl methyl sites for hydroxylation is 2. The molecule has 0 aliphatic heterocycles. The van der Waals surface area contributed by atoms with Gasteiger partial charge in [-0.15, -0.1) is 0 Å². The van der Waals surface area contributed by atoms with Gasteiger partial charge in [0.1, 0.15) is 4.88 Å². The third-order valence-corrected chi connectivity index (χ3v) is 3.60. The molecule has 2 amide bonds. The van der Waals surface area contributed by atoms with E-state index in [4.69, 9.17) is 5.11 Å². The molecule has 0 unspecified atom stereocenters. The van der Waals surface area contributed by atoms with Crippen LogP contribution in [0, 0.1) is 13.8 Å². The predicted molar refractivity (Wildman–Crippen MR) is 77.6 cm³/mol. The van der Waals surface area contributed by atoms with E-state index in [2.05, 4.69) is 15.6 Å². The van der Waals surface area contributed by atoms with E-state index in [0.717, 1.165) is 16.9 Å². The van der Waals surface area contributed by atoms with Crippen molar-refractivity contribution in [3.05, 3.63) is 40.4 Å². The summed E-state index contributed by atoms with van der Waals surface area (Å²) in [5.74, 6) is -0.303. The monoisotopic (exact) mass is 291 g/mol.